The third-order valence-corrected chi connectivity index (χ3v) is 4.23. The zero-order chi connectivity index (χ0) is 15.1. The lowest BCUT2D eigenvalue weighted by Gasteiger charge is -2.08. The predicted octanol–water partition coefficient (Wildman–Crippen LogP) is 3.61. The topological polar surface area (TPSA) is 47.9 Å². The number of hydrogen-bond donors (Lipinski definition) is 0. The van der Waals surface area contributed by atoms with Crippen LogP contribution in [0, 0.1) is 6.92 Å². The number of pyridine rings is 1. The number of nitrogens with zero attached hydrogens (tertiary/aromatic N) is 3. The fraction of sp³-hybridized carbons (Fsp3) is 0.278. The van der Waals surface area contributed by atoms with Crippen LogP contribution in [0.2, 0.25) is 0 Å². The summed E-state index contributed by atoms with van der Waals surface area (Å²) in [6.45, 7) is 2.00. The van der Waals surface area contributed by atoms with Crippen molar-refractivity contribution in [2.45, 2.75) is 25.2 Å². The van der Waals surface area contributed by atoms with Gasteiger partial charge in [-0.15, -0.1) is 0 Å². The zero-order valence-corrected chi connectivity index (χ0v) is 12.7. The lowest BCUT2D eigenvalue weighted by molar-refractivity contribution is 0.419. The maximum atomic E-state index is 5.53. The number of methoxy groups -OCH3 is 1. The highest BCUT2D eigenvalue weighted by Crippen LogP contribution is 2.53. The van der Waals surface area contributed by atoms with Crippen LogP contribution in [0.4, 0.5) is 0 Å². The van der Waals surface area contributed by atoms with Crippen LogP contribution in [0.1, 0.15) is 35.5 Å². The minimum absolute atomic E-state index is 0.373. The van der Waals surface area contributed by atoms with Crippen molar-refractivity contribution in [2.24, 2.45) is 0 Å². The molecule has 3 aromatic rings. The van der Waals surface area contributed by atoms with Crippen LogP contribution < -0.4 is 4.74 Å². The summed E-state index contributed by atoms with van der Waals surface area (Å²) in [5, 5.41) is 1.05. The molecule has 2 atom stereocenters. The molecule has 1 aliphatic rings. The fourth-order valence-corrected chi connectivity index (χ4v) is 2.98. The fourth-order valence-electron chi connectivity index (χ4n) is 2.98. The molecule has 0 amide bonds. The molecular formula is C18H17N3O. The molecule has 1 fully saturated rings. The van der Waals surface area contributed by atoms with E-state index in [0.717, 1.165) is 40.3 Å². The van der Waals surface area contributed by atoms with E-state index < -0.39 is 0 Å². The number of aromatic nitrogens is 3. The van der Waals surface area contributed by atoms with Gasteiger partial charge >= 0.3 is 0 Å². The molecule has 4 heteroatoms. The van der Waals surface area contributed by atoms with Crippen LogP contribution in [-0.2, 0) is 0 Å². The largest absolute Gasteiger partial charge is 0.496 e. The van der Waals surface area contributed by atoms with Crippen LogP contribution in [-0.4, -0.2) is 22.1 Å². The number of fused-ring (bicyclic) bond motifs is 1. The van der Waals surface area contributed by atoms with Crippen LogP contribution in [0.5, 0.6) is 5.75 Å². The van der Waals surface area contributed by atoms with E-state index in [4.69, 9.17) is 9.72 Å². The maximum absolute atomic E-state index is 5.53. The second kappa shape index (κ2) is 5.05. The third kappa shape index (κ3) is 2.21. The maximum Gasteiger partial charge on any atom is 0.132 e. The molecule has 0 saturated heterocycles. The lowest BCUT2D eigenvalue weighted by atomic mass is 10.1. The van der Waals surface area contributed by atoms with Gasteiger partial charge in [0, 0.05) is 40.9 Å². The minimum Gasteiger partial charge on any atom is -0.496 e. The zero-order valence-electron chi connectivity index (χ0n) is 12.7. The van der Waals surface area contributed by atoms with Gasteiger partial charge in [0.1, 0.15) is 11.6 Å². The van der Waals surface area contributed by atoms with Crippen LogP contribution >= 0.6 is 0 Å². The van der Waals surface area contributed by atoms with E-state index in [1.54, 1.807) is 7.11 Å². The van der Waals surface area contributed by atoms with Crippen molar-refractivity contribution >= 4 is 10.9 Å². The van der Waals surface area contributed by atoms with Crippen molar-refractivity contribution in [3.8, 4) is 5.75 Å². The Labute approximate surface area is 129 Å². The summed E-state index contributed by atoms with van der Waals surface area (Å²) >= 11 is 0. The van der Waals surface area contributed by atoms with E-state index in [2.05, 4.69) is 16.0 Å². The molecule has 0 aliphatic heterocycles. The van der Waals surface area contributed by atoms with Crippen molar-refractivity contribution < 1.29 is 4.74 Å². The van der Waals surface area contributed by atoms with Gasteiger partial charge < -0.3 is 4.74 Å². The number of benzene rings is 1. The summed E-state index contributed by atoms with van der Waals surface area (Å²) < 4.78 is 5.53. The van der Waals surface area contributed by atoms with Gasteiger partial charge in [-0.2, -0.15) is 0 Å². The Morgan fingerprint density at radius 1 is 1.09 bits per heavy atom. The monoisotopic (exact) mass is 291 g/mol. The van der Waals surface area contributed by atoms with Gasteiger partial charge in [-0.05, 0) is 31.5 Å². The van der Waals surface area contributed by atoms with E-state index in [0.29, 0.717) is 11.8 Å². The van der Waals surface area contributed by atoms with Crippen molar-refractivity contribution in [3.63, 3.8) is 0 Å². The summed E-state index contributed by atoms with van der Waals surface area (Å²) in [6.07, 6.45) is 2.89. The van der Waals surface area contributed by atoms with Gasteiger partial charge in [-0.1, -0.05) is 12.1 Å². The standard InChI is InChI=1S/C18H17N3O/c1-11-7-8-19-18(20-11)14-9-13(14)16-10-17(22-2)12-5-3-4-6-15(12)21-16/h3-8,10,13-14H,9H2,1-2H3/t13-,14-/m1/s1. The van der Waals surface area contributed by atoms with Crippen molar-refractivity contribution in [1.29, 1.82) is 0 Å². The average molecular weight is 291 g/mol. The van der Waals surface area contributed by atoms with Crippen molar-refractivity contribution in [2.75, 3.05) is 7.11 Å². The van der Waals surface area contributed by atoms with E-state index in [1.807, 2.05) is 43.5 Å². The predicted molar refractivity (Wildman–Crippen MR) is 85.2 cm³/mol. The van der Waals surface area contributed by atoms with E-state index in [1.165, 1.54) is 0 Å². The van der Waals surface area contributed by atoms with Crippen LogP contribution in [0.25, 0.3) is 10.9 Å². The summed E-state index contributed by atoms with van der Waals surface area (Å²) in [4.78, 5) is 13.8. The molecule has 0 spiro atoms. The second-order valence-corrected chi connectivity index (χ2v) is 5.77. The molecule has 1 aromatic carbocycles. The van der Waals surface area contributed by atoms with Crippen LogP contribution in [0.15, 0.2) is 42.6 Å². The normalized spacial score (nSPS) is 20.1. The number of ether oxygens (including phenoxy) is 1. The number of rotatable bonds is 3. The first-order valence-corrected chi connectivity index (χ1v) is 7.49. The van der Waals surface area contributed by atoms with Gasteiger partial charge in [0.05, 0.1) is 12.6 Å². The SMILES string of the molecule is COc1cc([C@@H]2C[C@H]2c2nccc(C)n2)nc2ccccc12. The Balaban J connectivity index is 1.71. The molecule has 0 N–H and O–H groups in total. The second-order valence-electron chi connectivity index (χ2n) is 5.77. The minimum atomic E-state index is 0.373. The van der Waals surface area contributed by atoms with Crippen LogP contribution in [0.3, 0.4) is 0 Å². The highest BCUT2D eigenvalue weighted by molar-refractivity contribution is 5.85. The average Bonchev–Trinajstić information content (AvgIpc) is 3.34. The van der Waals surface area contributed by atoms with Gasteiger partial charge in [0.25, 0.3) is 0 Å². The first kappa shape index (κ1) is 13.2. The summed E-state index contributed by atoms with van der Waals surface area (Å²) in [5.41, 5.74) is 3.07. The van der Waals surface area contributed by atoms with Gasteiger partial charge in [0.15, 0.2) is 0 Å². The van der Waals surface area contributed by atoms with Crippen molar-refractivity contribution in [1.82, 2.24) is 15.0 Å². The molecule has 110 valence electrons. The Bertz CT molecular complexity index is 847. The molecule has 22 heavy (non-hydrogen) atoms. The summed E-state index contributed by atoms with van der Waals surface area (Å²) in [5.74, 6) is 2.58. The summed E-state index contributed by atoms with van der Waals surface area (Å²) in [7, 11) is 1.71. The third-order valence-electron chi connectivity index (χ3n) is 4.23. The number of para-hydroxylation sites is 1. The highest BCUT2D eigenvalue weighted by Gasteiger charge is 2.43. The van der Waals surface area contributed by atoms with Gasteiger partial charge in [0.2, 0.25) is 0 Å². The molecule has 1 saturated carbocycles. The molecule has 1 aliphatic carbocycles. The van der Waals surface area contributed by atoms with Gasteiger partial charge in [-0.25, -0.2) is 9.97 Å². The lowest BCUT2D eigenvalue weighted by Crippen LogP contribution is -1.97. The number of hydrogen-bond acceptors (Lipinski definition) is 4. The van der Waals surface area contributed by atoms with E-state index in [9.17, 15) is 0 Å². The molecule has 0 radical (unpaired) electrons. The van der Waals surface area contributed by atoms with E-state index >= 15 is 0 Å². The van der Waals surface area contributed by atoms with Gasteiger partial charge in [-0.3, -0.25) is 4.98 Å². The smallest absolute Gasteiger partial charge is 0.132 e. The first-order valence-electron chi connectivity index (χ1n) is 7.49. The number of aryl methyl sites for hydroxylation is 1. The van der Waals surface area contributed by atoms with Crippen molar-refractivity contribution in [3.05, 3.63) is 59.8 Å². The summed E-state index contributed by atoms with van der Waals surface area (Å²) in [6, 6.07) is 12.1. The molecule has 4 rings (SSSR count). The Morgan fingerprint density at radius 2 is 1.95 bits per heavy atom. The Kier molecular flexibility index (Phi) is 3.03. The molecule has 4 nitrogen and oxygen atoms in total. The Hall–Kier alpha value is -2.49. The molecule has 2 heterocycles. The molecular weight excluding hydrogens is 274 g/mol. The highest BCUT2D eigenvalue weighted by atomic mass is 16.5. The Morgan fingerprint density at radius 3 is 2.77 bits per heavy atom. The van der Waals surface area contributed by atoms with E-state index in [-0.39, 0.29) is 0 Å². The molecule has 0 unspecified atom stereocenters. The molecule has 2 aromatic heterocycles. The first-order chi connectivity index (χ1) is 10.8. The quantitative estimate of drug-likeness (QED) is 0.739. The molecule has 0 bridgehead atoms.